The van der Waals surface area contributed by atoms with Crippen LogP contribution in [-0.4, -0.2) is 31.0 Å². The SMILES string of the molecule is O=C(O)[C@@H]1CS(=O)(=O)C[C@H]1c1ccc(Cl)cc1. The van der Waals surface area contributed by atoms with E-state index in [0.29, 0.717) is 10.6 Å². The number of carboxylic acid groups (broad SMARTS) is 1. The molecule has 0 spiro atoms. The first kappa shape index (κ1) is 12.4. The number of hydrogen-bond acceptors (Lipinski definition) is 3. The summed E-state index contributed by atoms with van der Waals surface area (Å²) >= 11 is 5.74. The van der Waals surface area contributed by atoms with Crippen molar-refractivity contribution in [1.29, 1.82) is 0 Å². The Morgan fingerprint density at radius 3 is 2.35 bits per heavy atom. The van der Waals surface area contributed by atoms with Gasteiger partial charge in [0.15, 0.2) is 9.84 Å². The van der Waals surface area contributed by atoms with Crippen LogP contribution in [0.5, 0.6) is 0 Å². The van der Waals surface area contributed by atoms with Crippen LogP contribution in [0.1, 0.15) is 11.5 Å². The first-order chi connectivity index (χ1) is 7.89. The lowest BCUT2D eigenvalue weighted by atomic mass is 9.89. The summed E-state index contributed by atoms with van der Waals surface area (Å²) in [6, 6.07) is 6.65. The van der Waals surface area contributed by atoms with E-state index in [0.717, 1.165) is 0 Å². The molecule has 1 aromatic rings. The van der Waals surface area contributed by atoms with Gasteiger partial charge in [0, 0.05) is 10.9 Å². The van der Waals surface area contributed by atoms with Gasteiger partial charge in [0.1, 0.15) is 0 Å². The zero-order valence-corrected chi connectivity index (χ0v) is 10.4. The fourth-order valence-electron chi connectivity index (χ4n) is 2.13. The number of carboxylic acids is 1. The molecule has 0 unspecified atom stereocenters. The molecule has 1 saturated heterocycles. The molecular formula is C11H11ClO4S. The van der Waals surface area contributed by atoms with Crippen molar-refractivity contribution in [2.24, 2.45) is 5.92 Å². The van der Waals surface area contributed by atoms with Crippen LogP contribution in [-0.2, 0) is 14.6 Å². The largest absolute Gasteiger partial charge is 0.481 e. The normalized spacial score (nSPS) is 26.9. The third-order valence-corrected chi connectivity index (χ3v) is 4.95. The van der Waals surface area contributed by atoms with E-state index in [9.17, 15) is 13.2 Å². The zero-order chi connectivity index (χ0) is 12.6. The number of sulfone groups is 1. The second-order valence-electron chi connectivity index (χ2n) is 4.18. The molecule has 1 N–H and O–H groups in total. The van der Waals surface area contributed by atoms with Crippen molar-refractivity contribution in [2.45, 2.75) is 5.92 Å². The molecule has 0 radical (unpaired) electrons. The van der Waals surface area contributed by atoms with Crippen LogP contribution in [0.25, 0.3) is 0 Å². The van der Waals surface area contributed by atoms with Gasteiger partial charge in [0.25, 0.3) is 0 Å². The monoisotopic (exact) mass is 274 g/mol. The highest BCUT2D eigenvalue weighted by Crippen LogP contribution is 2.34. The molecule has 92 valence electrons. The molecule has 2 rings (SSSR count). The molecule has 6 heteroatoms. The molecule has 1 aromatic carbocycles. The maximum absolute atomic E-state index is 11.5. The Hall–Kier alpha value is -1.07. The van der Waals surface area contributed by atoms with Crippen LogP contribution in [0.2, 0.25) is 5.02 Å². The lowest BCUT2D eigenvalue weighted by Crippen LogP contribution is -2.20. The molecule has 4 nitrogen and oxygen atoms in total. The molecule has 1 heterocycles. The molecule has 1 fully saturated rings. The molecule has 2 atom stereocenters. The Bertz CT molecular complexity index is 535. The summed E-state index contributed by atoms with van der Waals surface area (Å²) in [4.78, 5) is 11.0. The fourth-order valence-corrected chi connectivity index (χ4v) is 4.29. The van der Waals surface area contributed by atoms with Crippen molar-refractivity contribution < 1.29 is 18.3 Å². The maximum Gasteiger partial charge on any atom is 0.308 e. The number of rotatable bonds is 2. The highest BCUT2D eigenvalue weighted by molar-refractivity contribution is 7.91. The van der Waals surface area contributed by atoms with E-state index in [4.69, 9.17) is 16.7 Å². The number of carbonyl (C=O) groups is 1. The first-order valence-corrected chi connectivity index (χ1v) is 7.28. The Morgan fingerprint density at radius 1 is 1.24 bits per heavy atom. The third-order valence-electron chi connectivity index (χ3n) is 2.97. The van der Waals surface area contributed by atoms with E-state index >= 15 is 0 Å². The van der Waals surface area contributed by atoms with Gasteiger partial charge in [-0.1, -0.05) is 23.7 Å². The van der Waals surface area contributed by atoms with E-state index in [1.54, 1.807) is 24.3 Å². The number of halogens is 1. The molecule has 17 heavy (non-hydrogen) atoms. The Balaban J connectivity index is 2.36. The zero-order valence-electron chi connectivity index (χ0n) is 8.84. The van der Waals surface area contributed by atoms with Crippen LogP contribution in [0.15, 0.2) is 24.3 Å². The molecule has 1 aliphatic rings. The van der Waals surface area contributed by atoms with Crippen LogP contribution in [0.4, 0.5) is 0 Å². The molecule has 0 aliphatic carbocycles. The van der Waals surface area contributed by atoms with E-state index in [-0.39, 0.29) is 11.5 Å². The summed E-state index contributed by atoms with van der Waals surface area (Å²) in [7, 11) is -3.26. The Morgan fingerprint density at radius 2 is 1.82 bits per heavy atom. The van der Waals surface area contributed by atoms with Crippen molar-refractivity contribution in [1.82, 2.24) is 0 Å². The number of hydrogen-bond donors (Lipinski definition) is 1. The van der Waals surface area contributed by atoms with Gasteiger partial charge in [0.2, 0.25) is 0 Å². The highest BCUT2D eigenvalue weighted by Gasteiger charge is 2.42. The van der Waals surface area contributed by atoms with Crippen LogP contribution >= 0.6 is 11.6 Å². The van der Waals surface area contributed by atoms with Gasteiger partial charge >= 0.3 is 5.97 Å². The molecular weight excluding hydrogens is 264 g/mol. The second kappa shape index (κ2) is 4.31. The lowest BCUT2D eigenvalue weighted by Gasteiger charge is -2.14. The molecule has 0 aromatic heterocycles. The standard InChI is InChI=1S/C11H11ClO4S/c12-8-3-1-7(2-4-8)9-5-17(15,16)6-10(9)11(13)14/h1-4,9-10H,5-6H2,(H,13,14)/t9-,10+/m0/s1. The number of benzene rings is 1. The molecule has 1 aliphatic heterocycles. The van der Waals surface area contributed by atoms with Crippen LogP contribution in [0, 0.1) is 5.92 Å². The summed E-state index contributed by atoms with van der Waals surface area (Å²) in [5.41, 5.74) is 0.711. The van der Waals surface area contributed by atoms with Gasteiger partial charge in [-0.3, -0.25) is 4.79 Å². The minimum atomic E-state index is -3.26. The van der Waals surface area contributed by atoms with Gasteiger partial charge in [-0.05, 0) is 17.7 Å². The lowest BCUT2D eigenvalue weighted by molar-refractivity contribution is -0.141. The molecule has 0 amide bonds. The Kier molecular flexibility index (Phi) is 3.14. The topological polar surface area (TPSA) is 71.4 Å². The van der Waals surface area contributed by atoms with E-state index in [1.807, 2.05) is 0 Å². The molecule has 0 saturated carbocycles. The molecule has 0 bridgehead atoms. The number of aliphatic carboxylic acids is 1. The van der Waals surface area contributed by atoms with E-state index in [1.165, 1.54) is 0 Å². The van der Waals surface area contributed by atoms with Gasteiger partial charge in [-0.2, -0.15) is 0 Å². The predicted octanol–water partition coefficient (Wildman–Crippen LogP) is 1.55. The second-order valence-corrected chi connectivity index (χ2v) is 6.77. The quantitative estimate of drug-likeness (QED) is 0.888. The van der Waals surface area contributed by atoms with Crippen LogP contribution in [0.3, 0.4) is 0 Å². The minimum absolute atomic E-state index is 0.106. The Labute approximate surface area is 104 Å². The van der Waals surface area contributed by atoms with Crippen molar-refractivity contribution in [3.63, 3.8) is 0 Å². The average molecular weight is 275 g/mol. The van der Waals surface area contributed by atoms with Crippen molar-refractivity contribution in [3.8, 4) is 0 Å². The average Bonchev–Trinajstić information content (AvgIpc) is 2.56. The summed E-state index contributed by atoms with van der Waals surface area (Å²) in [5.74, 6) is -2.79. The minimum Gasteiger partial charge on any atom is -0.481 e. The van der Waals surface area contributed by atoms with Gasteiger partial charge in [-0.25, -0.2) is 8.42 Å². The van der Waals surface area contributed by atoms with Crippen molar-refractivity contribution in [3.05, 3.63) is 34.9 Å². The van der Waals surface area contributed by atoms with Gasteiger partial charge in [-0.15, -0.1) is 0 Å². The summed E-state index contributed by atoms with van der Waals surface area (Å²) in [6.45, 7) is 0. The highest BCUT2D eigenvalue weighted by atomic mass is 35.5. The van der Waals surface area contributed by atoms with Crippen LogP contribution < -0.4 is 0 Å². The van der Waals surface area contributed by atoms with Gasteiger partial charge < -0.3 is 5.11 Å². The van der Waals surface area contributed by atoms with Crippen molar-refractivity contribution in [2.75, 3.05) is 11.5 Å². The summed E-state index contributed by atoms with van der Waals surface area (Å²) < 4.78 is 23.0. The maximum atomic E-state index is 11.5. The van der Waals surface area contributed by atoms with Crippen molar-refractivity contribution >= 4 is 27.4 Å². The fraction of sp³-hybridized carbons (Fsp3) is 0.364. The predicted molar refractivity (Wildman–Crippen MR) is 64.0 cm³/mol. The van der Waals surface area contributed by atoms with E-state index < -0.39 is 27.6 Å². The summed E-state index contributed by atoms with van der Waals surface area (Å²) in [6.07, 6.45) is 0. The third kappa shape index (κ3) is 2.61. The first-order valence-electron chi connectivity index (χ1n) is 5.08. The summed E-state index contributed by atoms with van der Waals surface area (Å²) in [5, 5.41) is 9.58. The van der Waals surface area contributed by atoms with Gasteiger partial charge in [0.05, 0.1) is 17.4 Å². The smallest absolute Gasteiger partial charge is 0.308 e. The van der Waals surface area contributed by atoms with E-state index in [2.05, 4.69) is 0 Å².